The molecule has 3 heterocycles. The summed E-state index contributed by atoms with van der Waals surface area (Å²) in [4.78, 5) is 2.17. The Morgan fingerprint density at radius 1 is 1.17 bits per heavy atom. The van der Waals surface area contributed by atoms with Crippen molar-refractivity contribution in [3.8, 4) is 34.6 Å². The van der Waals surface area contributed by atoms with Crippen molar-refractivity contribution in [1.29, 1.82) is 0 Å². The highest BCUT2D eigenvalue weighted by Gasteiger charge is 2.48. The van der Waals surface area contributed by atoms with Gasteiger partial charge in [0.05, 0.1) is 25.5 Å². The summed E-state index contributed by atoms with van der Waals surface area (Å²) in [5.41, 5.74) is 0.371. The molecule has 2 aliphatic heterocycles. The summed E-state index contributed by atoms with van der Waals surface area (Å²) in [6.45, 7) is 4.03. The number of halogens is 4. The number of aromatic amines is 1. The van der Waals surface area contributed by atoms with E-state index in [4.69, 9.17) is 21.1 Å². The van der Waals surface area contributed by atoms with Crippen LogP contribution in [-0.2, 0) is 17.5 Å². The normalized spacial score (nSPS) is 16.8. The number of rotatable bonds is 5. The minimum absolute atomic E-state index is 0.0446. The molecule has 2 aliphatic rings. The Kier molecular flexibility index (Phi) is 6.13. The quantitative estimate of drug-likeness (QED) is 0.493. The van der Waals surface area contributed by atoms with Gasteiger partial charge in [0, 0.05) is 29.1 Å². The molecule has 2 saturated heterocycles. The molecule has 0 bridgehead atoms. The summed E-state index contributed by atoms with van der Waals surface area (Å²) >= 11 is 5.93. The number of aromatic hydroxyl groups is 1. The van der Waals surface area contributed by atoms with Gasteiger partial charge in [-0.05, 0) is 35.9 Å². The predicted molar refractivity (Wildman–Crippen MR) is 123 cm³/mol. The summed E-state index contributed by atoms with van der Waals surface area (Å²) in [5, 5.41) is 17.3. The molecule has 0 amide bonds. The molecule has 35 heavy (non-hydrogen) atoms. The number of phenols is 1. The van der Waals surface area contributed by atoms with Gasteiger partial charge >= 0.3 is 6.18 Å². The first kappa shape index (κ1) is 23.5. The predicted octanol–water partition coefficient (Wildman–Crippen LogP) is 4.72. The van der Waals surface area contributed by atoms with Crippen molar-refractivity contribution >= 4 is 11.6 Å². The zero-order valence-corrected chi connectivity index (χ0v) is 19.2. The van der Waals surface area contributed by atoms with Gasteiger partial charge in [-0.2, -0.15) is 18.3 Å². The highest BCUT2D eigenvalue weighted by Crippen LogP contribution is 2.39. The molecule has 2 N–H and O–H groups in total. The molecule has 0 radical (unpaired) electrons. The monoisotopic (exact) mass is 503 g/mol. The summed E-state index contributed by atoms with van der Waals surface area (Å²) in [6, 6.07) is 11.0. The van der Waals surface area contributed by atoms with E-state index in [1.807, 2.05) is 17.2 Å². The highest BCUT2D eigenvalue weighted by molar-refractivity contribution is 6.30. The molecule has 2 fully saturated rings. The number of aromatic nitrogens is 2. The average molecular weight is 504 g/mol. The van der Waals surface area contributed by atoms with E-state index < -0.39 is 11.9 Å². The molecule has 0 atom stereocenters. The van der Waals surface area contributed by atoms with E-state index >= 15 is 0 Å². The summed E-state index contributed by atoms with van der Waals surface area (Å²) in [5.74, 6) is 6.03. The van der Waals surface area contributed by atoms with Crippen LogP contribution in [0, 0.1) is 17.3 Å². The molecule has 0 aliphatic carbocycles. The lowest BCUT2D eigenvalue weighted by atomic mass is 9.78. The SMILES string of the molecule is Oc1c(-c2cc(C(F)(F)F)[nH]n2)ccc(OCc2ccc(Cl)cc2)c1C#CCN1CC2(COC2)C1. The number of ether oxygens (including phenoxy) is 2. The van der Waals surface area contributed by atoms with Crippen molar-refractivity contribution in [3.05, 3.63) is 64.3 Å². The van der Waals surface area contributed by atoms with Gasteiger partial charge < -0.3 is 14.6 Å². The maximum Gasteiger partial charge on any atom is 0.432 e. The van der Waals surface area contributed by atoms with Crippen LogP contribution in [0.25, 0.3) is 11.3 Å². The molecular weight excluding hydrogens is 483 g/mol. The average Bonchev–Trinajstić information content (AvgIpc) is 3.25. The van der Waals surface area contributed by atoms with Crippen molar-refractivity contribution in [1.82, 2.24) is 15.1 Å². The fourth-order valence-electron chi connectivity index (χ4n) is 4.19. The Labute approximate surface area is 204 Å². The fraction of sp³-hybridized carbons (Fsp3) is 0.320. The second kappa shape index (κ2) is 9.11. The second-order valence-corrected chi connectivity index (χ2v) is 9.29. The van der Waals surface area contributed by atoms with Crippen molar-refractivity contribution in [2.75, 3.05) is 32.8 Å². The molecule has 182 valence electrons. The number of phenolic OH excluding ortho intramolecular Hbond substituents is 1. The molecule has 6 nitrogen and oxygen atoms in total. The maximum atomic E-state index is 13.0. The molecule has 10 heteroatoms. The largest absolute Gasteiger partial charge is 0.506 e. The summed E-state index contributed by atoms with van der Waals surface area (Å²) in [7, 11) is 0. The lowest BCUT2D eigenvalue weighted by Gasteiger charge is -2.54. The van der Waals surface area contributed by atoms with Gasteiger partial charge in [-0.1, -0.05) is 35.6 Å². The number of alkyl halides is 3. The van der Waals surface area contributed by atoms with Crippen molar-refractivity contribution in [3.63, 3.8) is 0 Å². The number of likely N-dealkylation sites (tertiary alicyclic amines) is 1. The van der Waals surface area contributed by atoms with Gasteiger partial charge in [0.25, 0.3) is 0 Å². The maximum absolute atomic E-state index is 13.0. The molecule has 1 aromatic heterocycles. The second-order valence-electron chi connectivity index (χ2n) is 8.85. The van der Waals surface area contributed by atoms with Crippen molar-refractivity contribution < 1.29 is 27.8 Å². The third-order valence-electron chi connectivity index (χ3n) is 6.06. The first-order valence-electron chi connectivity index (χ1n) is 10.9. The van der Waals surface area contributed by atoms with E-state index in [1.165, 1.54) is 6.07 Å². The van der Waals surface area contributed by atoms with Gasteiger partial charge in [0.1, 0.15) is 29.4 Å². The standard InChI is InChI=1S/C25H21ClF3N3O3/c26-17-5-3-16(4-6-17)11-35-21-8-7-18(20-10-22(31-30-20)25(27,28)29)23(33)19(21)2-1-9-32-12-24(13-32)14-34-15-24/h3-8,10,33H,9,11-15H2,(H,30,31). The summed E-state index contributed by atoms with van der Waals surface area (Å²) < 4.78 is 50.2. The zero-order chi connectivity index (χ0) is 24.6. The van der Waals surface area contributed by atoms with Crippen LogP contribution in [0.3, 0.4) is 0 Å². The number of benzene rings is 2. The van der Waals surface area contributed by atoms with Crippen LogP contribution >= 0.6 is 11.6 Å². The van der Waals surface area contributed by atoms with E-state index in [1.54, 1.807) is 18.2 Å². The molecule has 0 saturated carbocycles. The Hall–Kier alpha value is -3.19. The number of hydrogen-bond donors (Lipinski definition) is 2. The number of H-pyrrole nitrogens is 1. The molecule has 5 rings (SSSR count). The lowest BCUT2D eigenvalue weighted by molar-refractivity contribution is -0.185. The Bertz CT molecular complexity index is 1280. The van der Waals surface area contributed by atoms with Crippen LogP contribution in [-0.4, -0.2) is 53.1 Å². The van der Waals surface area contributed by atoms with E-state index in [0.717, 1.165) is 37.9 Å². The molecule has 0 unspecified atom stereocenters. The van der Waals surface area contributed by atoms with Gasteiger partial charge in [-0.25, -0.2) is 0 Å². The van der Waals surface area contributed by atoms with Crippen LogP contribution in [0.4, 0.5) is 13.2 Å². The van der Waals surface area contributed by atoms with Crippen LogP contribution in [0.5, 0.6) is 11.5 Å². The van der Waals surface area contributed by atoms with Crippen LogP contribution in [0.1, 0.15) is 16.8 Å². The smallest absolute Gasteiger partial charge is 0.432 e. The first-order chi connectivity index (χ1) is 16.7. The minimum atomic E-state index is -4.58. The molecule has 2 aromatic carbocycles. The van der Waals surface area contributed by atoms with Crippen LogP contribution < -0.4 is 4.74 Å². The third-order valence-corrected chi connectivity index (χ3v) is 6.31. The molecule has 3 aromatic rings. The number of nitrogens with one attached hydrogen (secondary N) is 1. The Morgan fingerprint density at radius 2 is 1.91 bits per heavy atom. The number of nitrogens with zero attached hydrogens (tertiary/aromatic N) is 2. The van der Waals surface area contributed by atoms with E-state index in [-0.39, 0.29) is 34.6 Å². The van der Waals surface area contributed by atoms with Crippen LogP contribution in [0.15, 0.2) is 42.5 Å². The first-order valence-corrected chi connectivity index (χ1v) is 11.3. The van der Waals surface area contributed by atoms with E-state index in [0.29, 0.717) is 17.3 Å². The van der Waals surface area contributed by atoms with Gasteiger partial charge in [-0.3, -0.25) is 10.00 Å². The highest BCUT2D eigenvalue weighted by atomic mass is 35.5. The van der Waals surface area contributed by atoms with Crippen molar-refractivity contribution in [2.45, 2.75) is 12.8 Å². The van der Waals surface area contributed by atoms with Gasteiger partial charge in [0.15, 0.2) is 0 Å². The van der Waals surface area contributed by atoms with Crippen molar-refractivity contribution in [2.24, 2.45) is 5.41 Å². The van der Waals surface area contributed by atoms with E-state index in [2.05, 4.69) is 21.8 Å². The lowest BCUT2D eigenvalue weighted by Crippen LogP contribution is -2.65. The number of hydrogen-bond acceptors (Lipinski definition) is 5. The van der Waals surface area contributed by atoms with Crippen LogP contribution in [0.2, 0.25) is 5.02 Å². The third kappa shape index (κ3) is 4.96. The molecule has 1 spiro atoms. The van der Waals surface area contributed by atoms with Gasteiger partial charge in [0.2, 0.25) is 0 Å². The fourth-order valence-corrected chi connectivity index (χ4v) is 4.32. The Morgan fingerprint density at radius 3 is 2.54 bits per heavy atom. The summed E-state index contributed by atoms with van der Waals surface area (Å²) in [6.07, 6.45) is -4.58. The zero-order valence-electron chi connectivity index (χ0n) is 18.5. The Balaban J connectivity index is 1.40. The minimum Gasteiger partial charge on any atom is -0.506 e. The van der Waals surface area contributed by atoms with E-state index in [9.17, 15) is 18.3 Å². The topological polar surface area (TPSA) is 70.6 Å². The molecular formula is C25H21ClF3N3O3. The van der Waals surface area contributed by atoms with Gasteiger partial charge in [-0.15, -0.1) is 0 Å².